The molecule has 1 N–H and O–H groups in total. The molecule has 0 amide bonds. The summed E-state index contributed by atoms with van der Waals surface area (Å²) < 4.78 is 3.31. The average molecular weight is 268 g/mol. The van der Waals surface area contributed by atoms with Gasteiger partial charge >= 0.3 is 5.97 Å². The highest BCUT2D eigenvalue weighted by molar-refractivity contribution is 5.87. The number of benzene rings is 1. The van der Waals surface area contributed by atoms with Crippen LogP contribution in [0.5, 0.6) is 0 Å². The predicted octanol–water partition coefficient (Wildman–Crippen LogP) is 1.97. The fraction of sp³-hybridized carbons (Fsp3) is 0.0714. The van der Waals surface area contributed by atoms with Crippen LogP contribution in [0.1, 0.15) is 10.5 Å². The first-order valence-electron chi connectivity index (χ1n) is 6.03. The Kier molecular flexibility index (Phi) is 2.83. The lowest BCUT2D eigenvalue weighted by atomic mass is 10.1. The number of carbonyl (C=O) groups is 1. The zero-order valence-electron chi connectivity index (χ0n) is 10.8. The van der Waals surface area contributed by atoms with Crippen molar-refractivity contribution >= 4 is 5.97 Å². The van der Waals surface area contributed by atoms with Gasteiger partial charge in [0, 0.05) is 25.0 Å². The molecule has 0 radical (unpaired) electrons. The Hall–Kier alpha value is -2.89. The molecule has 0 aliphatic heterocycles. The third-order valence-electron chi connectivity index (χ3n) is 3.01. The van der Waals surface area contributed by atoms with Gasteiger partial charge in [-0.2, -0.15) is 10.2 Å². The van der Waals surface area contributed by atoms with Gasteiger partial charge in [0.2, 0.25) is 0 Å². The summed E-state index contributed by atoms with van der Waals surface area (Å²) in [5.41, 5.74) is 2.58. The highest BCUT2D eigenvalue weighted by atomic mass is 16.4. The van der Waals surface area contributed by atoms with Crippen molar-refractivity contribution in [3.8, 4) is 16.9 Å². The molecule has 0 bridgehead atoms. The van der Waals surface area contributed by atoms with E-state index in [0.29, 0.717) is 0 Å². The van der Waals surface area contributed by atoms with Crippen LogP contribution in [-0.2, 0) is 7.05 Å². The molecule has 3 aromatic rings. The van der Waals surface area contributed by atoms with Crippen LogP contribution in [0.4, 0.5) is 0 Å². The van der Waals surface area contributed by atoms with Crippen molar-refractivity contribution in [3.63, 3.8) is 0 Å². The molecular weight excluding hydrogens is 256 g/mol. The highest BCUT2D eigenvalue weighted by Crippen LogP contribution is 2.22. The van der Waals surface area contributed by atoms with Crippen molar-refractivity contribution in [3.05, 3.63) is 54.5 Å². The first-order valence-corrected chi connectivity index (χ1v) is 6.03. The van der Waals surface area contributed by atoms with E-state index in [1.807, 2.05) is 36.5 Å². The van der Waals surface area contributed by atoms with E-state index < -0.39 is 5.97 Å². The second-order valence-corrected chi connectivity index (χ2v) is 4.34. The van der Waals surface area contributed by atoms with Gasteiger partial charge < -0.3 is 5.11 Å². The van der Waals surface area contributed by atoms with Gasteiger partial charge in [-0.1, -0.05) is 12.1 Å². The quantitative estimate of drug-likeness (QED) is 0.788. The molecule has 0 spiro atoms. The van der Waals surface area contributed by atoms with Gasteiger partial charge in [0.15, 0.2) is 5.69 Å². The molecule has 0 saturated carbocycles. The minimum absolute atomic E-state index is 0.0343. The molecule has 100 valence electrons. The molecule has 0 unspecified atom stereocenters. The summed E-state index contributed by atoms with van der Waals surface area (Å²) in [5, 5.41) is 17.1. The molecule has 6 nitrogen and oxygen atoms in total. The summed E-state index contributed by atoms with van der Waals surface area (Å²) in [7, 11) is 1.72. The molecule has 3 rings (SSSR count). The Morgan fingerprint density at radius 3 is 2.75 bits per heavy atom. The van der Waals surface area contributed by atoms with E-state index >= 15 is 0 Å². The standard InChI is InChI=1S/C14H12N4O2/c1-17-13(9-12(16-17)14(19)20)10-4-2-5-11(8-10)18-7-3-6-15-18/h2-9H,1H3,(H,19,20). The van der Waals surface area contributed by atoms with E-state index in [4.69, 9.17) is 5.11 Å². The lowest BCUT2D eigenvalue weighted by Crippen LogP contribution is -1.99. The zero-order chi connectivity index (χ0) is 14.1. The summed E-state index contributed by atoms with van der Waals surface area (Å²) in [4.78, 5) is 11.0. The second-order valence-electron chi connectivity index (χ2n) is 4.34. The van der Waals surface area contributed by atoms with E-state index in [0.717, 1.165) is 16.9 Å². The molecule has 2 aromatic heterocycles. The Balaban J connectivity index is 2.07. The van der Waals surface area contributed by atoms with Gasteiger partial charge in [0.1, 0.15) is 0 Å². The molecule has 2 heterocycles. The lowest BCUT2D eigenvalue weighted by Gasteiger charge is -2.05. The van der Waals surface area contributed by atoms with Crippen LogP contribution in [-0.4, -0.2) is 30.6 Å². The Morgan fingerprint density at radius 2 is 2.10 bits per heavy atom. The molecule has 0 saturated heterocycles. The van der Waals surface area contributed by atoms with Crippen molar-refractivity contribution in [2.75, 3.05) is 0 Å². The third kappa shape index (κ3) is 2.07. The third-order valence-corrected chi connectivity index (χ3v) is 3.01. The monoisotopic (exact) mass is 268 g/mol. The van der Waals surface area contributed by atoms with Crippen molar-refractivity contribution in [2.45, 2.75) is 0 Å². The maximum absolute atomic E-state index is 11.0. The summed E-state index contributed by atoms with van der Waals surface area (Å²) >= 11 is 0. The summed E-state index contributed by atoms with van der Waals surface area (Å²) in [6.07, 6.45) is 3.56. The van der Waals surface area contributed by atoms with Gasteiger partial charge in [0.25, 0.3) is 0 Å². The van der Waals surface area contributed by atoms with Gasteiger partial charge in [0.05, 0.1) is 11.4 Å². The number of aromatic nitrogens is 4. The lowest BCUT2D eigenvalue weighted by molar-refractivity contribution is 0.0689. The first kappa shape index (κ1) is 12.2. The van der Waals surface area contributed by atoms with Crippen LogP contribution in [0.2, 0.25) is 0 Å². The van der Waals surface area contributed by atoms with Crippen molar-refractivity contribution < 1.29 is 9.90 Å². The Morgan fingerprint density at radius 1 is 1.25 bits per heavy atom. The zero-order valence-corrected chi connectivity index (χ0v) is 10.8. The minimum Gasteiger partial charge on any atom is -0.476 e. The van der Waals surface area contributed by atoms with Gasteiger partial charge in [-0.15, -0.1) is 0 Å². The molecule has 0 aliphatic carbocycles. The van der Waals surface area contributed by atoms with E-state index in [-0.39, 0.29) is 5.69 Å². The van der Waals surface area contributed by atoms with Crippen LogP contribution in [0.25, 0.3) is 16.9 Å². The Bertz CT molecular complexity index is 759. The number of aromatic carboxylic acids is 1. The van der Waals surface area contributed by atoms with Crippen molar-refractivity contribution in [2.24, 2.45) is 7.05 Å². The fourth-order valence-corrected chi connectivity index (χ4v) is 2.07. The summed E-state index contributed by atoms with van der Waals surface area (Å²) in [5.74, 6) is -1.03. The molecule has 20 heavy (non-hydrogen) atoms. The van der Waals surface area contributed by atoms with E-state index in [2.05, 4.69) is 10.2 Å². The van der Waals surface area contributed by atoms with Crippen LogP contribution in [0.3, 0.4) is 0 Å². The van der Waals surface area contributed by atoms with Crippen molar-refractivity contribution in [1.82, 2.24) is 19.6 Å². The predicted molar refractivity (Wildman–Crippen MR) is 72.7 cm³/mol. The number of nitrogens with zero attached hydrogens (tertiary/aromatic N) is 4. The van der Waals surface area contributed by atoms with Crippen LogP contribution >= 0.6 is 0 Å². The fourth-order valence-electron chi connectivity index (χ4n) is 2.07. The van der Waals surface area contributed by atoms with Crippen LogP contribution in [0, 0.1) is 0 Å². The van der Waals surface area contributed by atoms with E-state index in [1.165, 1.54) is 0 Å². The number of aryl methyl sites for hydroxylation is 1. The Labute approximate surface area is 114 Å². The molecule has 0 fully saturated rings. The molecule has 0 aliphatic rings. The first-order chi connectivity index (χ1) is 9.65. The summed E-state index contributed by atoms with van der Waals surface area (Å²) in [6.45, 7) is 0. The molecular formula is C14H12N4O2. The number of hydrogen-bond donors (Lipinski definition) is 1. The minimum atomic E-state index is -1.03. The van der Waals surface area contributed by atoms with Crippen LogP contribution < -0.4 is 0 Å². The maximum Gasteiger partial charge on any atom is 0.356 e. The smallest absolute Gasteiger partial charge is 0.356 e. The van der Waals surface area contributed by atoms with E-state index in [1.54, 1.807) is 28.7 Å². The number of rotatable bonds is 3. The number of carboxylic acid groups (broad SMARTS) is 1. The number of carboxylic acids is 1. The molecule has 0 atom stereocenters. The number of hydrogen-bond acceptors (Lipinski definition) is 3. The largest absolute Gasteiger partial charge is 0.476 e. The van der Waals surface area contributed by atoms with Gasteiger partial charge in [-0.05, 0) is 24.3 Å². The van der Waals surface area contributed by atoms with Crippen molar-refractivity contribution in [1.29, 1.82) is 0 Å². The molecule has 6 heteroatoms. The average Bonchev–Trinajstić information content (AvgIpc) is 3.08. The molecule has 1 aromatic carbocycles. The normalized spacial score (nSPS) is 10.7. The van der Waals surface area contributed by atoms with Gasteiger partial charge in [-0.25, -0.2) is 9.48 Å². The second kappa shape index (κ2) is 4.65. The van der Waals surface area contributed by atoms with Gasteiger partial charge in [-0.3, -0.25) is 4.68 Å². The highest BCUT2D eigenvalue weighted by Gasteiger charge is 2.13. The maximum atomic E-state index is 11.0. The van der Waals surface area contributed by atoms with E-state index in [9.17, 15) is 4.79 Å². The topological polar surface area (TPSA) is 72.9 Å². The van der Waals surface area contributed by atoms with Crippen LogP contribution in [0.15, 0.2) is 48.8 Å². The SMILES string of the molecule is Cn1nc(C(=O)O)cc1-c1cccc(-n2cccn2)c1. The summed E-state index contributed by atoms with van der Waals surface area (Å²) in [6, 6.07) is 11.1.